The van der Waals surface area contributed by atoms with Gasteiger partial charge in [0.15, 0.2) is 0 Å². The zero-order chi connectivity index (χ0) is 21.9. The first-order valence-electron chi connectivity index (χ1n) is 9.66. The van der Waals surface area contributed by atoms with Crippen LogP contribution in [0, 0.1) is 0 Å². The molecule has 0 amide bonds. The Morgan fingerprint density at radius 3 is 2.03 bits per heavy atom. The van der Waals surface area contributed by atoms with Gasteiger partial charge in [0.25, 0.3) is 0 Å². The number of hydrogen-bond donors (Lipinski definition) is 2. The lowest BCUT2D eigenvalue weighted by molar-refractivity contribution is 0.0693. The molecule has 0 aromatic heterocycles. The first-order valence-corrected chi connectivity index (χ1v) is 9.66. The molecule has 3 aromatic rings. The average molecular weight is 406 g/mol. The highest BCUT2D eigenvalue weighted by Gasteiger charge is 2.17. The Balaban J connectivity index is 1.89. The van der Waals surface area contributed by atoms with E-state index in [4.69, 9.17) is 9.47 Å². The molecule has 3 rings (SSSR count). The van der Waals surface area contributed by atoms with Crippen LogP contribution >= 0.6 is 0 Å². The Kier molecular flexibility index (Phi) is 6.01. The molecule has 30 heavy (non-hydrogen) atoms. The summed E-state index contributed by atoms with van der Waals surface area (Å²) in [6, 6.07) is 18.3. The highest BCUT2D eigenvalue weighted by molar-refractivity contribution is 5.93. The number of carbonyl (C=O) groups is 1. The van der Waals surface area contributed by atoms with Gasteiger partial charge in [0.1, 0.15) is 29.4 Å². The first-order chi connectivity index (χ1) is 14.2. The number of methoxy groups -OCH3 is 1. The fourth-order valence-corrected chi connectivity index (χ4v) is 3.13. The number of phenols is 1. The van der Waals surface area contributed by atoms with Crippen LogP contribution in [0.15, 0.2) is 60.7 Å². The van der Waals surface area contributed by atoms with E-state index < -0.39 is 5.97 Å². The number of aromatic carboxylic acids is 1. The summed E-state index contributed by atoms with van der Waals surface area (Å²) in [4.78, 5) is 11.6. The lowest BCUT2D eigenvalue weighted by Gasteiger charge is -2.19. The molecule has 0 heterocycles. The highest BCUT2D eigenvalue weighted by Crippen LogP contribution is 2.32. The van der Waals surface area contributed by atoms with Gasteiger partial charge >= 0.3 is 5.97 Å². The van der Waals surface area contributed by atoms with Crippen molar-refractivity contribution in [3.63, 3.8) is 0 Å². The molecular formula is C25H26O5. The maximum Gasteiger partial charge on any atom is 0.339 e. The number of ether oxygens (including phenoxy) is 2. The van der Waals surface area contributed by atoms with Crippen LogP contribution in [0.25, 0.3) is 11.1 Å². The van der Waals surface area contributed by atoms with Gasteiger partial charge < -0.3 is 19.7 Å². The zero-order valence-electron chi connectivity index (χ0n) is 17.6. The summed E-state index contributed by atoms with van der Waals surface area (Å²) in [7, 11) is 1.58. The van der Waals surface area contributed by atoms with Crippen molar-refractivity contribution in [3.8, 4) is 28.4 Å². The number of aromatic hydroxyl groups is 1. The van der Waals surface area contributed by atoms with E-state index in [1.165, 1.54) is 11.6 Å². The number of hydrogen-bond acceptors (Lipinski definition) is 4. The predicted octanol–water partition coefficient (Wildman–Crippen LogP) is 5.64. The van der Waals surface area contributed by atoms with Crippen LogP contribution in [0.2, 0.25) is 0 Å². The smallest absolute Gasteiger partial charge is 0.339 e. The second kappa shape index (κ2) is 8.49. The fourth-order valence-electron chi connectivity index (χ4n) is 3.13. The molecule has 0 saturated carbocycles. The summed E-state index contributed by atoms with van der Waals surface area (Å²) in [5.74, 6) is -0.128. The van der Waals surface area contributed by atoms with E-state index in [1.54, 1.807) is 25.3 Å². The molecule has 0 atom stereocenters. The topological polar surface area (TPSA) is 76.0 Å². The average Bonchev–Trinajstić information content (AvgIpc) is 2.72. The van der Waals surface area contributed by atoms with E-state index in [0.717, 1.165) is 5.56 Å². The Morgan fingerprint density at radius 1 is 0.900 bits per heavy atom. The van der Waals surface area contributed by atoms with E-state index in [-0.39, 0.29) is 23.3 Å². The molecule has 0 aliphatic heterocycles. The van der Waals surface area contributed by atoms with E-state index in [0.29, 0.717) is 22.6 Å². The minimum atomic E-state index is -1.20. The van der Waals surface area contributed by atoms with Gasteiger partial charge in [0, 0.05) is 5.56 Å². The molecule has 2 N–H and O–H groups in total. The van der Waals surface area contributed by atoms with Gasteiger partial charge in [0.05, 0.1) is 7.11 Å². The second-order valence-electron chi connectivity index (χ2n) is 8.13. The molecule has 0 aliphatic carbocycles. The van der Waals surface area contributed by atoms with Gasteiger partial charge in [-0.05, 0) is 58.5 Å². The quantitative estimate of drug-likeness (QED) is 0.554. The van der Waals surface area contributed by atoms with E-state index in [1.807, 2.05) is 36.4 Å². The van der Waals surface area contributed by atoms with Gasteiger partial charge in [0.2, 0.25) is 0 Å². The third-order valence-electron chi connectivity index (χ3n) is 4.96. The van der Waals surface area contributed by atoms with Crippen molar-refractivity contribution < 1.29 is 24.5 Å². The molecule has 0 bridgehead atoms. The molecule has 0 fully saturated rings. The number of rotatable bonds is 6. The van der Waals surface area contributed by atoms with Crippen LogP contribution in [0.4, 0.5) is 0 Å². The van der Waals surface area contributed by atoms with Crippen molar-refractivity contribution in [1.82, 2.24) is 0 Å². The Bertz CT molecular complexity index is 1030. The summed E-state index contributed by atoms with van der Waals surface area (Å²) >= 11 is 0. The molecule has 0 radical (unpaired) electrons. The van der Waals surface area contributed by atoms with E-state index in [9.17, 15) is 15.0 Å². The monoisotopic (exact) mass is 406 g/mol. The van der Waals surface area contributed by atoms with Crippen molar-refractivity contribution >= 4 is 5.97 Å². The van der Waals surface area contributed by atoms with Gasteiger partial charge in [-0.15, -0.1) is 0 Å². The standard InChI is InChI=1S/C25H26O5/c1-25(2,3)19-7-11-21(12-8-19)30-15-18-13-17(14-22(23(18)26)24(27)28)16-5-9-20(29-4)10-6-16/h5-14,26H,15H2,1-4H3,(H,27,28). The van der Waals surface area contributed by atoms with Crippen molar-refractivity contribution in [2.45, 2.75) is 32.8 Å². The number of carboxylic acid groups (broad SMARTS) is 1. The van der Waals surface area contributed by atoms with E-state index in [2.05, 4.69) is 20.8 Å². The van der Waals surface area contributed by atoms with Gasteiger partial charge in [-0.25, -0.2) is 4.79 Å². The van der Waals surface area contributed by atoms with Crippen LogP contribution < -0.4 is 9.47 Å². The summed E-state index contributed by atoms with van der Waals surface area (Å²) in [5, 5.41) is 20.0. The highest BCUT2D eigenvalue weighted by atomic mass is 16.5. The lowest BCUT2D eigenvalue weighted by atomic mass is 9.87. The second-order valence-corrected chi connectivity index (χ2v) is 8.13. The molecule has 3 aromatic carbocycles. The van der Waals surface area contributed by atoms with Gasteiger partial charge in [-0.2, -0.15) is 0 Å². The first kappa shape index (κ1) is 21.2. The minimum Gasteiger partial charge on any atom is -0.507 e. The molecule has 156 valence electrons. The largest absolute Gasteiger partial charge is 0.507 e. The molecular weight excluding hydrogens is 380 g/mol. The van der Waals surface area contributed by atoms with Gasteiger partial charge in [-0.3, -0.25) is 0 Å². The van der Waals surface area contributed by atoms with Crippen molar-refractivity contribution in [2.24, 2.45) is 0 Å². The minimum absolute atomic E-state index is 0.0416. The SMILES string of the molecule is COc1ccc(-c2cc(COc3ccc(C(C)(C)C)cc3)c(O)c(C(=O)O)c2)cc1. The summed E-state index contributed by atoms with van der Waals surface area (Å²) in [6.45, 7) is 6.46. The maximum absolute atomic E-state index is 11.6. The lowest BCUT2D eigenvalue weighted by Crippen LogP contribution is -2.10. The molecule has 0 saturated heterocycles. The van der Waals surface area contributed by atoms with E-state index >= 15 is 0 Å². The van der Waals surface area contributed by atoms with Crippen molar-refractivity contribution in [1.29, 1.82) is 0 Å². The molecule has 0 spiro atoms. The molecule has 0 unspecified atom stereocenters. The number of carboxylic acids is 1. The normalized spacial score (nSPS) is 11.2. The van der Waals surface area contributed by atoms with Crippen LogP contribution in [-0.2, 0) is 12.0 Å². The van der Waals surface area contributed by atoms with Crippen LogP contribution in [-0.4, -0.2) is 23.3 Å². The predicted molar refractivity (Wildman–Crippen MR) is 117 cm³/mol. The van der Waals surface area contributed by atoms with Crippen molar-refractivity contribution in [3.05, 3.63) is 77.4 Å². The number of benzene rings is 3. The third-order valence-corrected chi connectivity index (χ3v) is 4.96. The van der Waals surface area contributed by atoms with Crippen LogP contribution in [0.3, 0.4) is 0 Å². The third kappa shape index (κ3) is 4.74. The Labute approximate surface area is 176 Å². The summed E-state index contributed by atoms with van der Waals surface area (Å²) in [6.07, 6.45) is 0. The Hall–Kier alpha value is -3.47. The van der Waals surface area contributed by atoms with Crippen LogP contribution in [0.1, 0.15) is 42.3 Å². The molecule has 0 aliphatic rings. The summed E-state index contributed by atoms with van der Waals surface area (Å²) in [5.41, 5.74) is 2.96. The molecule has 5 heteroatoms. The Morgan fingerprint density at radius 2 is 1.50 bits per heavy atom. The van der Waals surface area contributed by atoms with Crippen molar-refractivity contribution in [2.75, 3.05) is 7.11 Å². The maximum atomic E-state index is 11.6. The van der Waals surface area contributed by atoms with Gasteiger partial charge in [-0.1, -0.05) is 45.0 Å². The molecule has 5 nitrogen and oxygen atoms in total. The zero-order valence-corrected chi connectivity index (χ0v) is 17.6. The summed E-state index contributed by atoms with van der Waals surface area (Å²) < 4.78 is 11.0. The fraction of sp³-hybridized carbons (Fsp3) is 0.240. The van der Waals surface area contributed by atoms with Crippen LogP contribution in [0.5, 0.6) is 17.2 Å².